The molecule has 102 valence electrons. The zero-order valence-electron chi connectivity index (χ0n) is 10.7. The molecule has 0 aliphatic heterocycles. The summed E-state index contributed by atoms with van der Waals surface area (Å²) in [6, 6.07) is 10.6. The summed E-state index contributed by atoms with van der Waals surface area (Å²) in [6.07, 6.45) is 3.31. The molecule has 5 nitrogen and oxygen atoms in total. The monoisotopic (exact) mass is 340 g/mol. The average Bonchev–Trinajstić information content (AvgIpc) is 2.87. The molecule has 0 atom stereocenters. The maximum absolute atomic E-state index is 9.46. The zero-order chi connectivity index (χ0) is 14.8. The van der Waals surface area contributed by atoms with Crippen LogP contribution < -0.4 is 0 Å². The number of phenols is 1. The van der Waals surface area contributed by atoms with Gasteiger partial charge in [-0.1, -0.05) is 12.1 Å². The molecule has 0 spiro atoms. The number of hydrogen-bond donors (Lipinski definition) is 2. The fraction of sp³-hybridized carbons (Fsp3) is 0. The number of aromatic hydroxyl groups is 1. The molecule has 0 amide bonds. The Hall–Kier alpha value is -2.65. The smallest absolute Gasteiger partial charge is 0.178 e. The van der Waals surface area contributed by atoms with Gasteiger partial charge in [0.25, 0.3) is 0 Å². The van der Waals surface area contributed by atoms with Crippen LogP contribution in [0.4, 0.5) is 0 Å². The van der Waals surface area contributed by atoms with Crippen LogP contribution in [0.1, 0.15) is 11.4 Å². The number of imidazole rings is 1. The summed E-state index contributed by atoms with van der Waals surface area (Å²) in [4.78, 5) is 11.5. The fourth-order valence-corrected chi connectivity index (χ4v) is 2.27. The molecule has 0 radical (unpaired) electrons. The lowest BCUT2D eigenvalue weighted by Crippen LogP contribution is -1.85. The molecular weight excluding hydrogens is 332 g/mol. The van der Waals surface area contributed by atoms with Gasteiger partial charge in [0.05, 0.1) is 11.1 Å². The Morgan fingerprint density at radius 3 is 3.00 bits per heavy atom. The molecule has 1 aromatic carbocycles. The molecule has 6 heteroatoms. The van der Waals surface area contributed by atoms with Crippen LogP contribution in [-0.4, -0.2) is 20.1 Å². The Bertz CT molecular complexity index is 892. The minimum atomic E-state index is 0.149. The number of hydrogen-bond acceptors (Lipinski definition) is 4. The lowest BCUT2D eigenvalue weighted by molar-refractivity contribution is 0.475. The average molecular weight is 341 g/mol. The summed E-state index contributed by atoms with van der Waals surface area (Å²) in [5.74, 6) is 0.595. The number of phenolic OH excluding ortho intramolecular Hbond substituents is 1. The summed E-state index contributed by atoms with van der Waals surface area (Å²) >= 11 is 3.34. The van der Waals surface area contributed by atoms with Crippen LogP contribution in [-0.2, 0) is 0 Å². The molecule has 2 aromatic heterocycles. The third-order valence-corrected chi connectivity index (χ3v) is 3.29. The second-order valence-corrected chi connectivity index (χ2v) is 5.29. The summed E-state index contributed by atoms with van der Waals surface area (Å²) in [5, 5.41) is 18.8. The highest BCUT2D eigenvalue weighted by Crippen LogP contribution is 2.21. The van der Waals surface area contributed by atoms with E-state index in [1.807, 2.05) is 6.07 Å². The highest BCUT2D eigenvalue weighted by Gasteiger charge is 2.09. The molecule has 3 aromatic rings. The molecule has 0 aliphatic rings. The van der Waals surface area contributed by atoms with E-state index >= 15 is 0 Å². The van der Waals surface area contributed by atoms with Crippen molar-refractivity contribution in [2.45, 2.75) is 0 Å². The number of halogens is 1. The summed E-state index contributed by atoms with van der Waals surface area (Å²) in [7, 11) is 0. The van der Waals surface area contributed by atoms with Crippen molar-refractivity contribution in [3.05, 3.63) is 52.4 Å². The van der Waals surface area contributed by atoms with Crippen LogP contribution in [0.5, 0.6) is 5.75 Å². The molecule has 3 rings (SSSR count). The van der Waals surface area contributed by atoms with Crippen LogP contribution in [0.15, 0.2) is 41.0 Å². The van der Waals surface area contributed by atoms with Crippen LogP contribution in [0.2, 0.25) is 0 Å². The predicted molar refractivity (Wildman–Crippen MR) is 83.2 cm³/mol. The van der Waals surface area contributed by atoms with Gasteiger partial charge in [-0.25, -0.2) is 9.97 Å². The van der Waals surface area contributed by atoms with Crippen LogP contribution in [0, 0.1) is 11.3 Å². The molecule has 2 N–H and O–H groups in total. The minimum absolute atomic E-state index is 0.149. The van der Waals surface area contributed by atoms with Crippen molar-refractivity contribution in [2.75, 3.05) is 0 Å². The number of benzene rings is 1. The van der Waals surface area contributed by atoms with Crippen LogP contribution in [0.3, 0.4) is 0 Å². The number of nitrogens with one attached hydrogen (secondary N) is 1. The van der Waals surface area contributed by atoms with E-state index < -0.39 is 0 Å². The first-order valence-corrected chi connectivity index (χ1v) is 6.87. The number of allylic oxidation sites excluding steroid dienone is 1. The van der Waals surface area contributed by atoms with E-state index in [0.717, 1.165) is 15.6 Å². The van der Waals surface area contributed by atoms with Crippen molar-refractivity contribution in [2.24, 2.45) is 0 Å². The SMILES string of the molecule is N#C/C(=C\c1cccc(O)c1)c1nc2ncc(Br)cc2[nH]1. The Morgan fingerprint density at radius 2 is 2.24 bits per heavy atom. The number of H-pyrrole nitrogens is 1. The van der Waals surface area contributed by atoms with Gasteiger partial charge in [-0.05, 0) is 45.8 Å². The molecular formula is C15H9BrN4O. The van der Waals surface area contributed by atoms with Gasteiger partial charge in [0.2, 0.25) is 0 Å². The maximum Gasteiger partial charge on any atom is 0.178 e. The predicted octanol–water partition coefficient (Wildman–Crippen LogP) is 3.49. The number of aromatic amines is 1. The quantitative estimate of drug-likeness (QED) is 0.699. The van der Waals surface area contributed by atoms with Crippen molar-refractivity contribution < 1.29 is 5.11 Å². The molecule has 0 unspecified atom stereocenters. The van der Waals surface area contributed by atoms with Gasteiger partial charge in [0, 0.05) is 10.7 Å². The summed E-state index contributed by atoms with van der Waals surface area (Å²) in [6.45, 7) is 0. The Morgan fingerprint density at radius 1 is 1.38 bits per heavy atom. The van der Waals surface area contributed by atoms with Gasteiger partial charge in [-0.2, -0.15) is 5.26 Å². The van der Waals surface area contributed by atoms with Crippen molar-refractivity contribution in [1.29, 1.82) is 5.26 Å². The van der Waals surface area contributed by atoms with Gasteiger partial charge < -0.3 is 10.1 Å². The minimum Gasteiger partial charge on any atom is -0.508 e. The first-order chi connectivity index (χ1) is 10.2. The molecule has 21 heavy (non-hydrogen) atoms. The van der Waals surface area contributed by atoms with Gasteiger partial charge in [-0.3, -0.25) is 0 Å². The third kappa shape index (κ3) is 2.78. The van der Waals surface area contributed by atoms with E-state index in [1.165, 1.54) is 0 Å². The first-order valence-electron chi connectivity index (χ1n) is 6.08. The number of pyridine rings is 1. The lowest BCUT2D eigenvalue weighted by atomic mass is 10.1. The first kappa shape index (κ1) is 13.3. The van der Waals surface area contributed by atoms with Crippen LogP contribution >= 0.6 is 15.9 Å². The van der Waals surface area contributed by atoms with Crippen LogP contribution in [0.25, 0.3) is 22.8 Å². The highest BCUT2D eigenvalue weighted by atomic mass is 79.9. The Kier molecular flexibility index (Phi) is 3.42. The molecule has 0 aliphatic carbocycles. The Balaban J connectivity index is 2.08. The highest BCUT2D eigenvalue weighted by molar-refractivity contribution is 9.10. The van der Waals surface area contributed by atoms with E-state index in [4.69, 9.17) is 0 Å². The largest absolute Gasteiger partial charge is 0.508 e. The summed E-state index contributed by atoms with van der Waals surface area (Å²) < 4.78 is 0.834. The van der Waals surface area contributed by atoms with Crippen molar-refractivity contribution in [1.82, 2.24) is 15.0 Å². The molecule has 0 fully saturated rings. The number of fused-ring (bicyclic) bond motifs is 1. The maximum atomic E-state index is 9.46. The topological polar surface area (TPSA) is 85.6 Å². The van der Waals surface area contributed by atoms with Crippen molar-refractivity contribution >= 4 is 38.7 Å². The van der Waals surface area contributed by atoms with E-state index in [-0.39, 0.29) is 5.75 Å². The third-order valence-electron chi connectivity index (χ3n) is 2.86. The van der Waals surface area contributed by atoms with E-state index in [1.54, 1.807) is 36.5 Å². The normalized spacial score (nSPS) is 11.5. The molecule has 0 bridgehead atoms. The second-order valence-electron chi connectivity index (χ2n) is 4.37. The number of nitriles is 1. The van der Waals surface area contributed by atoms with E-state index in [9.17, 15) is 10.4 Å². The van der Waals surface area contributed by atoms with Gasteiger partial charge in [0.15, 0.2) is 11.5 Å². The van der Waals surface area contributed by atoms with E-state index in [0.29, 0.717) is 17.0 Å². The fourth-order valence-electron chi connectivity index (χ4n) is 1.94. The Labute approximate surface area is 128 Å². The lowest BCUT2D eigenvalue weighted by Gasteiger charge is -1.96. The zero-order valence-corrected chi connectivity index (χ0v) is 12.3. The molecule has 0 saturated carbocycles. The van der Waals surface area contributed by atoms with Gasteiger partial charge >= 0.3 is 0 Å². The van der Waals surface area contributed by atoms with E-state index in [2.05, 4.69) is 37.0 Å². The van der Waals surface area contributed by atoms with Gasteiger partial charge in [-0.15, -0.1) is 0 Å². The van der Waals surface area contributed by atoms with Gasteiger partial charge in [0.1, 0.15) is 11.8 Å². The number of nitrogens with zero attached hydrogens (tertiary/aromatic N) is 3. The second kappa shape index (κ2) is 5.38. The number of aromatic nitrogens is 3. The molecule has 0 saturated heterocycles. The standard InChI is InChI=1S/C15H9BrN4O/c16-11-6-13-15(18-8-11)20-14(19-13)10(7-17)4-9-2-1-3-12(21)5-9/h1-6,8,21H,(H,18,19,20)/b10-4+. The van der Waals surface area contributed by atoms with Crippen molar-refractivity contribution in [3.8, 4) is 11.8 Å². The molecule has 2 heterocycles. The van der Waals surface area contributed by atoms with Crippen molar-refractivity contribution in [3.63, 3.8) is 0 Å². The number of rotatable bonds is 2. The summed E-state index contributed by atoms with van der Waals surface area (Å²) in [5.41, 5.74) is 2.39.